The molecule has 0 aliphatic carbocycles. The van der Waals surface area contributed by atoms with E-state index in [2.05, 4.69) is 0 Å². The Hall–Kier alpha value is -2.02. The molecular weight excluding hydrogens is 345 g/mol. The van der Waals surface area contributed by atoms with Crippen LogP contribution in [-0.2, 0) is 0 Å². The molecule has 8 heteroatoms. The SMILES string of the molecule is COc1cc([C@@H](O)c2ccc(Cl)cc2Cl)c([N+](=O)[O-])cc1OC. The predicted molar refractivity (Wildman–Crippen MR) is 86.7 cm³/mol. The lowest BCUT2D eigenvalue weighted by atomic mass is 9.99. The van der Waals surface area contributed by atoms with Gasteiger partial charge in [0, 0.05) is 15.6 Å². The van der Waals surface area contributed by atoms with E-state index in [0.29, 0.717) is 10.6 Å². The quantitative estimate of drug-likeness (QED) is 0.645. The van der Waals surface area contributed by atoms with Crippen LogP contribution in [0.25, 0.3) is 0 Å². The van der Waals surface area contributed by atoms with Gasteiger partial charge in [-0.25, -0.2) is 0 Å². The van der Waals surface area contributed by atoms with Crippen molar-refractivity contribution in [1.29, 1.82) is 0 Å². The first-order chi connectivity index (χ1) is 10.9. The number of hydrogen-bond acceptors (Lipinski definition) is 5. The Bertz CT molecular complexity index is 751. The molecule has 6 nitrogen and oxygen atoms in total. The highest BCUT2D eigenvalue weighted by atomic mass is 35.5. The number of methoxy groups -OCH3 is 2. The molecule has 2 rings (SSSR count). The van der Waals surface area contributed by atoms with Crippen molar-refractivity contribution in [2.45, 2.75) is 6.10 Å². The van der Waals surface area contributed by atoms with Gasteiger partial charge in [0.05, 0.1) is 30.8 Å². The van der Waals surface area contributed by atoms with Gasteiger partial charge in [-0.15, -0.1) is 0 Å². The molecule has 0 heterocycles. The summed E-state index contributed by atoms with van der Waals surface area (Å²) in [4.78, 5) is 10.7. The Morgan fingerprint density at radius 3 is 2.22 bits per heavy atom. The van der Waals surface area contributed by atoms with E-state index in [0.717, 1.165) is 0 Å². The van der Waals surface area contributed by atoms with Crippen molar-refractivity contribution < 1.29 is 19.5 Å². The van der Waals surface area contributed by atoms with Gasteiger partial charge in [-0.1, -0.05) is 29.3 Å². The maximum atomic E-state index is 11.3. The smallest absolute Gasteiger partial charge is 0.279 e. The Labute approximate surface area is 142 Å². The van der Waals surface area contributed by atoms with Gasteiger partial charge < -0.3 is 14.6 Å². The van der Waals surface area contributed by atoms with E-state index in [-0.39, 0.29) is 27.8 Å². The van der Waals surface area contributed by atoms with Gasteiger partial charge in [0.25, 0.3) is 5.69 Å². The molecule has 0 amide bonds. The number of halogens is 2. The zero-order chi connectivity index (χ0) is 17.1. The molecule has 0 saturated carbocycles. The van der Waals surface area contributed by atoms with E-state index in [1.807, 2.05) is 0 Å². The Morgan fingerprint density at radius 1 is 1.09 bits per heavy atom. The molecule has 2 aromatic carbocycles. The number of rotatable bonds is 5. The van der Waals surface area contributed by atoms with Crippen molar-refractivity contribution in [2.75, 3.05) is 14.2 Å². The summed E-state index contributed by atoms with van der Waals surface area (Å²) in [5.74, 6) is 0.453. The van der Waals surface area contributed by atoms with Crippen molar-refractivity contribution in [1.82, 2.24) is 0 Å². The lowest BCUT2D eigenvalue weighted by Crippen LogP contribution is -2.06. The molecule has 23 heavy (non-hydrogen) atoms. The highest BCUT2D eigenvalue weighted by molar-refractivity contribution is 6.35. The lowest BCUT2D eigenvalue weighted by Gasteiger charge is -2.16. The van der Waals surface area contributed by atoms with E-state index in [4.69, 9.17) is 32.7 Å². The summed E-state index contributed by atoms with van der Waals surface area (Å²) in [5, 5.41) is 22.5. The van der Waals surface area contributed by atoms with Gasteiger partial charge >= 0.3 is 0 Å². The minimum atomic E-state index is -1.32. The molecule has 2 aromatic rings. The number of nitro groups is 1. The van der Waals surface area contributed by atoms with Crippen LogP contribution in [0, 0.1) is 10.1 Å². The highest BCUT2D eigenvalue weighted by Crippen LogP contribution is 2.40. The number of nitro benzene ring substituents is 1. The summed E-state index contributed by atoms with van der Waals surface area (Å²) >= 11 is 11.9. The van der Waals surface area contributed by atoms with Crippen molar-refractivity contribution in [3.8, 4) is 11.5 Å². The van der Waals surface area contributed by atoms with Gasteiger partial charge in [0.15, 0.2) is 11.5 Å². The van der Waals surface area contributed by atoms with Gasteiger partial charge in [-0.2, -0.15) is 0 Å². The summed E-state index contributed by atoms with van der Waals surface area (Å²) in [6.45, 7) is 0. The van der Waals surface area contributed by atoms with Crippen molar-refractivity contribution in [3.05, 3.63) is 61.6 Å². The molecule has 0 spiro atoms. The Kier molecular flexibility index (Phi) is 5.30. The summed E-state index contributed by atoms with van der Waals surface area (Å²) < 4.78 is 10.2. The van der Waals surface area contributed by atoms with E-state index in [1.165, 1.54) is 38.5 Å². The molecule has 0 aliphatic heterocycles. The van der Waals surface area contributed by atoms with Crippen LogP contribution in [0.2, 0.25) is 10.0 Å². The van der Waals surface area contributed by atoms with Gasteiger partial charge in [0.1, 0.15) is 6.10 Å². The summed E-state index contributed by atoms with van der Waals surface area (Å²) in [7, 11) is 2.77. The molecule has 1 atom stereocenters. The molecule has 0 bridgehead atoms. The zero-order valence-corrected chi connectivity index (χ0v) is 13.8. The second kappa shape index (κ2) is 7.04. The number of nitrogens with zero attached hydrogens (tertiary/aromatic N) is 1. The maximum Gasteiger partial charge on any atom is 0.279 e. The monoisotopic (exact) mass is 357 g/mol. The Balaban J connectivity index is 2.62. The first kappa shape index (κ1) is 17.3. The topological polar surface area (TPSA) is 81.8 Å². The maximum absolute atomic E-state index is 11.3. The number of aliphatic hydroxyl groups is 1. The normalized spacial score (nSPS) is 11.9. The van der Waals surface area contributed by atoms with Crippen LogP contribution in [0.15, 0.2) is 30.3 Å². The van der Waals surface area contributed by atoms with E-state index in [1.54, 1.807) is 6.07 Å². The van der Waals surface area contributed by atoms with Crippen LogP contribution in [0.1, 0.15) is 17.2 Å². The fraction of sp³-hybridized carbons (Fsp3) is 0.200. The van der Waals surface area contributed by atoms with Crippen LogP contribution < -0.4 is 9.47 Å². The van der Waals surface area contributed by atoms with Crippen LogP contribution >= 0.6 is 23.2 Å². The number of benzene rings is 2. The largest absolute Gasteiger partial charge is 0.493 e. The van der Waals surface area contributed by atoms with Crippen LogP contribution in [0.5, 0.6) is 11.5 Å². The third kappa shape index (κ3) is 3.50. The van der Waals surface area contributed by atoms with Crippen molar-refractivity contribution >= 4 is 28.9 Å². The average molecular weight is 358 g/mol. The minimum Gasteiger partial charge on any atom is -0.493 e. The molecule has 122 valence electrons. The Morgan fingerprint density at radius 2 is 1.70 bits per heavy atom. The van der Waals surface area contributed by atoms with Crippen molar-refractivity contribution in [2.24, 2.45) is 0 Å². The van der Waals surface area contributed by atoms with E-state index in [9.17, 15) is 15.2 Å². The average Bonchev–Trinajstić information content (AvgIpc) is 2.52. The second-order valence-corrected chi connectivity index (χ2v) is 5.44. The predicted octanol–water partition coefficient (Wildman–Crippen LogP) is 4.00. The van der Waals surface area contributed by atoms with Gasteiger partial charge in [-0.05, 0) is 18.2 Å². The molecule has 0 aliphatic rings. The molecular formula is C15H13Cl2NO5. The number of ether oxygens (including phenoxy) is 2. The fourth-order valence-corrected chi connectivity index (χ4v) is 2.66. The highest BCUT2D eigenvalue weighted by Gasteiger charge is 2.26. The van der Waals surface area contributed by atoms with Crippen LogP contribution in [-0.4, -0.2) is 24.2 Å². The van der Waals surface area contributed by atoms with Crippen molar-refractivity contribution in [3.63, 3.8) is 0 Å². The molecule has 0 radical (unpaired) electrons. The third-order valence-electron chi connectivity index (χ3n) is 3.28. The van der Waals surface area contributed by atoms with E-state index < -0.39 is 11.0 Å². The second-order valence-electron chi connectivity index (χ2n) is 4.59. The third-order valence-corrected chi connectivity index (χ3v) is 3.84. The fourth-order valence-electron chi connectivity index (χ4n) is 2.15. The standard InChI is InChI=1S/C15H13Cl2NO5/c1-22-13-6-10(12(18(20)21)7-14(13)23-2)15(19)9-4-3-8(16)5-11(9)17/h3-7,15,19H,1-2H3/t15-/m0/s1. The van der Waals surface area contributed by atoms with Gasteiger partial charge in [0.2, 0.25) is 0 Å². The lowest BCUT2D eigenvalue weighted by molar-refractivity contribution is -0.386. The van der Waals surface area contributed by atoms with Gasteiger partial charge in [-0.3, -0.25) is 10.1 Å². The zero-order valence-electron chi connectivity index (χ0n) is 12.2. The molecule has 0 aromatic heterocycles. The van der Waals surface area contributed by atoms with Crippen LogP contribution in [0.4, 0.5) is 5.69 Å². The van der Waals surface area contributed by atoms with E-state index >= 15 is 0 Å². The molecule has 0 saturated heterocycles. The first-order valence-electron chi connectivity index (χ1n) is 6.42. The first-order valence-corrected chi connectivity index (χ1v) is 7.18. The minimum absolute atomic E-state index is 0.0388. The summed E-state index contributed by atoms with van der Waals surface area (Å²) in [5.41, 5.74) is 0.0319. The number of aliphatic hydroxyl groups excluding tert-OH is 1. The molecule has 0 fully saturated rings. The van der Waals surface area contributed by atoms with Crippen LogP contribution in [0.3, 0.4) is 0 Å². The molecule has 0 unspecified atom stereocenters. The number of hydrogen-bond donors (Lipinski definition) is 1. The molecule has 1 N–H and O–H groups in total. The summed E-state index contributed by atoms with van der Waals surface area (Å²) in [6.07, 6.45) is -1.32. The summed E-state index contributed by atoms with van der Waals surface area (Å²) in [6, 6.07) is 7.05.